The van der Waals surface area contributed by atoms with E-state index in [0.29, 0.717) is 24.3 Å². The van der Waals surface area contributed by atoms with Crippen molar-refractivity contribution in [3.05, 3.63) is 65.2 Å². The van der Waals surface area contributed by atoms with Gasteiger partial charge in [-0.2, -0.15) is 0 Å². The van der Waals surface area contributed by atoms with Gasteiger partial charge >= 0.3 is 0 Å². The molecule has 1 aliphatic heterocycles. The fourth-order valence-electron chi connectivity index (χ4n) is 3.84. The number of nitrogens with zero attached hydrogens (tertiary/aromatic N) is 3. The summed E-state index contributed by atoms with van der Waals surface area (Å²) in [6.45, 7) is 7.96. The highest BCUT2D eigenvalue weighted by atomic mass is 16.2. The zero-order valence-corrected chi connectivity index (χ0v) is 19.6. The van der Waals surface area contributed by atoms with Gasteiger partial charge in [0.2, 0.25) is 17.7 Å². The molecule has 1 atom stereocenters. The van der Waals surface area contributed by atoms with Crippen molar-refractivity contribution in [3.63, 3.8) is 0 Å². The fraction of sp³-hybridized carbons (Fsp3) is 0.400. The Morgan fingerprint density at radius 3 is 2.33 bits per heavy atom. The number of carbonyl (C=O) groups excluding carboxylic acids is 3. The Balaban J connectivity index is 1.44. The lowest BCUT2D eigenvalue weighted by Gasteiger charge is -2.36. The number of benzene rings is 2. The molecule has 0 saturated carbocycles. The highest BCUT2D eigenvalue weighted by Gasteiger charge is 2.25. The number of primary amides is 1. The van der Waals surface area contributed by atoms with E-state index in [0.717, 1.165) is 19.6 Å². The number of amides is 3. The van der Waals surface area contributed by atoms with Gasteiger partial charge in [0.05, 0.1) is 12.6 Å². The predicted octanol–water partition coefficient (Wildman–Crippen LogP) is 1.70. The number of rotatable bonds is 8. The maximum absolute atomic E-state index is 12.8. The third kappa shape index (κ3) is 6.87. The third-order valence-corrected chi connectivity index (χ3v) is 6.08. The Labute approximate surface area is 195 Å². The van der Waals surface area contributed by atoms with Gasteiger partial charge in [-0.1, -0.05) is 29.8 Å². The molecule has 1 heterocycles. The first-order valence-corrected chi connectivity index (χ1v) is 11.2. The molecule has 1 aliphatic rings. The molecule has 176 valence electrons. The normalized spacial score (nSPS) is 15.3. The molecule has 3 rings (SSSR count). The first-order chi connectivity index (χ1) is 15.7. The highest BCUT2D eigenvalue weighted by Crippen LogP contribution is 2.13. The summed E-state index contributed by atoms with van der Waals surface area (Å²) in [5, 5.41) is 2.81. The topological polar surface area (TPSA) is 99.0 Å². The first kappa shape index (κ1) is 24.4. The summed E-state index contributed by atoms with van der Waals surface area (Å²) in [6, 6.07) is 14.4. The van der Waals surface area contributed by atoms with E-state index in [-0.39, 0.29) is 18.4 Å². The van der Waals surface area contributed by atoms with E-state index in [1.807, 2.05) is 4.90 Å². The lowest BCUT2D eigenvalue weighted by atomic mass is 10.1. The van der Waals surface area contributed by atoms with E-state index in [2.05, 4.69) is 41.4 Å². The minimum absolute atomic E-state index is 0.0261. The van der Waals surface area contributed by atoms with E-state index < -0.39 is 11.9 Å². The van der Waals surface area contributed by atoms with Gasteiger partial charge < -0.3 is 16.0 Å². The van der Waals surface area contributed by atoms with Gasteiger partial charge in [-0.25, -0.2) is 0 Å². The zero-order valence-electron chi connectivity index (χ0n) is 19.6. The van der Waals surface area contributed by atoms with Crippen LogP contribution in [0.1, 0.15) is 28.4 Å². The molecule has 0 aliphatic carbocycles. The van der Waals surface area contributed by atoms with E-state index in [1.165, 1.54) is 11.1 Å². The molecular weight excluding hydrogens is 418 g/mol. The van der Waals surface area contributed by atoms with Gasteiger partial charge in [0.25, 0.3) is 0 Å². The molecule has 0 aromatic heterocycles. The molecule has 1 fully saturated rings. The minimum Gasteiger partial charge on any atom is -0.366 e. The second-order valence-corrected chi connectivity index (χ2v) is 8.67. The SMILES string of the molecule is Cc1cccc(CN2CCN(C(=O)CN(C)[C@H](C)C(=O)Nc3ccc(C(N)=O)cc3)CC2)c1. The van der Waals surface area contributed by atoms with Gasteiger partial charge in [-0.3, -0.25) is 24.2 Å². The van der Waals surface area contributed by atoms with Crippen molar-refractivity contribution in [2.45, 2.75) is 26.4 Å². The van der Waals surface area contributed by atoms with Gasteiger partial charge in [-0.15, -0.1) is 0 Å². The molecule has 8 nitrogen and oxygen atoms in total. The lowest BCUT2D eigenvalue weighted by Crippen LogP contribution is -2.52. The van der Waals surface area contributed by atoms with Crippen LogP contribution in [-0.2, 0) is 16.1 Å². The van der Waals surface area contributed by atoms with Gasteiger partial charge in [-0.05, 0) is 50.7 Å². The summed E-state index contributed by atoms with van der Waals surface area (Å²) in [5.74, 6) is -0.714. The number of hydrogen-bond acceptors (Lipinski definition) is 5. The Morgan fingerprint density at radius 1 is 1.06 bits per heavy atom. The summed E-state index contributed by atoms with van der Waals surface area (Å²) in [7, 11) is 1.77. The summed E-state index contributed by atoms with van der Waals surface area (Å²) in [5.41, 5.74) is 8.73. The predicted molar refractivity (Wildman–Crippen MR) is 129 cm³/mol. The van der Waals surface area contributed by atoms with Crippen molar-refractivity contribution in [1.82, 2.24) is 14.7 Å². The lowest BCUT2D eigenvalue weighted by molar-refractivity contribution is -0.135. The second-order valence-electron chi connectivity index (χ2n) is 8.67. The number of nitrogens with one attached hydrogen (secondary N) is 1. The van der Waals surface area contributed by atoms with Crippen LogP contribution < -0.4 is 11.1 Å². The van der Waals surface area contributed by atoms with Crippen LogP contribution in [0.2, 0.25) is 0 Å². The van der Waals surface area contributed by atoms with Crippen LogP contribution in [0.15, 0.2) is 48.5 Å². The van der Waals surface area contributed by atoms with E-state index >= 15 is 0 Å². The Bertz CT molecular complexity index is 984. The van der Waals surface area contributed by atoms with E-state index in [4.69, 9.17) is 5.73 Å². The number of piperazine rings is 1. The maximum atomic E-state index is 12.8. The molecule has 1 saturated heterocycles. The maximum Gasteiger partial charge on any atom is 0.248 e. The second kappa shape index (κ2) is 11.1. The van der Waals surface area contributed by atoms with Crippen molar-refractivity contribution in [2.75, 3.05) is 45.1 Å². The van der Waals surface area contributed by atoms with Crippen LogP contribution >= 0.6 is 0 Å². The van der Waals surface area contributed by atoms with Gasteiger partial charge in [0, 0.05) is 44.0 Å². The van der Waals surface area contributed by atoms with Crippen LogP contribution in [0.3, 0.4) is 0 Å². The number of likely N-dealkylation sites (N-methyl/N-ethyl adjacent to an activating group) is 1. The average molecular weight is 452 g/mol. The largest absolute Gasteiger partial charge is 0.366 e. The molecule has 2 aromatic rings. The molecular formula is C25H33N5O3. The van der Waals surface area contributed by atoms with Crippen molar-refractivity contribution < 1.29 is 14.4 Å². The molecule has 3 N–H and O–H groups in total. The molecule has 0 bridgehead atoms. The monoisotopic (exact) mass is 451 g/mol. The van der Waals surface area contributed by atoms with Crippen LogP contribution in [0.25, 0.3) is 0 Å². The standard InChI is InChI=1S/C25H33N5O3/c1-18-5-4-6-20(15-18)16-29-11-13-30(14-12-29)23(31)17-28(3)19(2)25(33)27-22-9-7-21(8-10-22)24(26)32/h4-10,15,19H,11-14,16-17H2,1-3H3,(H2,26,32)(H,27,33)/t19-/m1/s1. The molecule has 33 heavy (non-hydrogen) atoms. The van der Waals surface area contributed by atoms with E-state index in [1.54, 1.807) is 43.1 Å². The zero-order chi connectivity index (χ0) is 24.0. The van der Waals surface area contributed by atoms with Crippen LogP contribution in [0.5, 0.6) is 0 Å². The van der Waals surface area contributed by atoms with Crippen molar-refractivity contribution in [2.24, 2.45) is 5.73 Å². The fourth-order valence-corrected chi connectivity index (χ4v) is 3.84. The Morgan fingerprint density at radius 2 is 1.73 bits per heavy atom. The molecule has 2 aromatic carbocycles. The first-order valence-electron chi connectivity index (χ1n) is 11.2. The Kier molecular flexibility index (Phi) is 8.19. The molecule has 0 spiro atoms. The van der Waals surface area contributed by atoms with Crippen molar-refractivity contribution in [1.29, 1.82) is 0 Å². The molecule has 0 radical (unpaired) electrons. The van der Waals surface area contributed by atoms with Crippen molar-refractivity contribution in [3.8, 4) is 0 Å². The average Bonchev–Trinajstić information content (AvgIpc) is 2.79. The number of aryl methyl sites for hydroxylation is 1. The number of anilines is 1. The molecule has 0 unspecified atom stereocenters. The summed E-state index contributed by atoms with van der Waals surface area (Å²) < 4.78 is 0. The van der Waals surface area contributed by atoms with Crippen LogP contribution in [0, 0.1) is 6.92 Å². The summed E-state index contributed by atoms with van der Waals surface area (Å²) in [4.78, 5) is 42.5. The number of carbonyl (C=O) groups is 3. The molecule has 3 amide bonds. The summed E-state index contributed by atoms with van der Waals surface area (Å²) in [6.07, 6.45) is 0. The highest BCUT2D eigenvalue weighted by molar-refractivity contribution is 5.96. The van der Waals surface area contributed by atoms with Gasteiger partial charge in [0.1, 0.15) is 0 Å². The van der Waals surface area contributed by atoms with Crippen molar-refractivity contribution >= 4 is 23.4 Å². The Hall–Kier alpha value is -3.23. The smallest absolute Gasteiger partial charge is 0.248 e. The third-order valence-electron chi connectivity index (χ3n) is 6.08. The van der Waals surface area contributed by atoms with Crippen LogP contribution in [-0.4, -0.2) is 78.2 Å². The van der Waals surface area contributed by atoms with E-state index in [9.17, 15) is 14.4 Å². The quantitative estimate of drug-likeness (QED) is 0.637. The number of hydrogen-bond donors (Lipinski definition) is 2. The number of nitrogens with two attached hydrogens (primary N) is 1. The molecule has 8 heteroatoms. The van der Waals surface area contributed by atoms with Crippen LogP contribution in [0.4, 0.5) is 5.69 Å². The summed E-state index contributed by atoms with van der Waals surface area (Å²) >= 11 is 0. The minimum atomic E-state index is -0.518. The van der Waals surface area contributed by atoms with Gasteiger partial charge in [0.15, 0.2) is 0 Å².